The van der Waals surface area contributed by atoms with E-state index < -0.39 is 0 Å². The second kappa shape index (κ2) is 8.93. The highest BCUT2D eigenvalue weighted by atomic mass is 35.5. The number of ether oxygens (including phenoxy) is 1. The lowest BCUT2D eigenvalue weighted by molar-refractivity contribution is 0.0949. The first-order valence-electron chi connectivity index (χ1n) is 9.25. The summed E-state index contributed by atoms with van der Waals surface area (Å²) < 4.78 is 7.69. The second-order valence-electron chi connectivity index (χ2n) is 6.70. The number of aryl methyl sites for hydroxylation is 3. The average Bonchev–Trinajstić information content (AvgIpc) is 3.05. The molecule has 0 spiro atoms. The van der Waals surface area contributed by atoms with Crippen molar-refractivity contribution in [3.05, 3.63) is 81.6 Å². The van der Waals surface area contributed by atoms with Crippen LogP contribution in [0.1, 0.15) is 39.7 Å². The summed E-state index contributed by atoms with van der Waals surface area (Å²) in [5, 5.41) is 7.64. The summed E-state index contributed by atoms with van der Waals surface area (Å²) in [4.78, 5) is 12.5. The summed E-state index contributed by atoms with van der Waals surface area (Å²) in [5.41, 5.74) is 4.61. The molecule has 1 aromatic heterocycles. The smallest absolute Gasteiger partial charge is 0.251 e. The molecule has 0 aliphatic carbocycles. The molecule has 0 saturated carbocycles. The zero-order chi connectivity index (χ0) is 20.1. The van der Waals surface area contributed by atoms with Gasteiger partial charge in [-0.3, -0.25) is 9.48 Å². The number of hydrogen-bond acceptors (Lipinski definition) is 3. The number of hydrogen-bond donors (Lipinski definition) is 1. The number of nitrogens with one attached hydrogen (secondary N) is 1. The van der Waals surface area contributed by atoms with Crippen molar-refractivity contribution in [1.82, 2.24) is 15.1 Å². The molecule has 0 atom stereocenters. The molecule has 0 aliphatic heterocycles. The van der Waals surface area contributed by atoms with E-state index >= 15 is 0 Å². The number of aromatic nitrogens is 2. The molecule has 0 bridgehead atoms. The Morgan fingerprint density at radius 1 is 1.21 bits per heavy atom. The fourth-order valence-electron chi connectivity index (χ4n) is 3.03. The van der Waals surface area contributed by atoms with Crippen molar-refractivity contribution in [1.29, 1.82) is 0 Å². The molecule has 0 aliphatic rings. The van der Waals surface area contributed by atoms with Gasteiger partial charge in [-0.2, -0.15) is 5.10 Å². The standard InChI is InChI=1S/C22H24ClN3O2/c1-4-26-20(19(23)12-25-26)13-24-22(27)18-7-5-6-17(11-18)14-28-21-9-8-15(2)10-16(21)3/h5-12H,4,13-14H2,1-3H3,(H,24,27). The lowest BCUT2D eigenvalue weighted by Crippen LogP contribution is -2.24. The molecule has 0 radical (unpaired) electrons. The SMILES string of the molecule is CCn1ncc(Cl)c1CNC(=O)c1cccc(COc2ccc(C)cc2C)c1. The van der Waals surface area contributed by atoms with Gasteiger partial charge in [0, 0.05) is 12.1 Å². The molecule has 1 N–H and O–H groups in total. The summed E-state index contributed by atoms with van der Waals surface area (Å²) in [5.74, 6) is 0.691. The third-order valence-electron chi connectivity index (χ3n) is 4.53. The van der Waals surface area contributed by atoms with Gasteiger partial charge in [-0.15, -0.1) is 0 Å². The molecule has 0 unspecified atom stereocenters. The number of carbonyl (C=O) groups is 1. The first-order valence-corrected chi connectivity index (χ1v) is 9.63. The van der Waals surface area contributed by atoms with Crippen molar-refractivity contribution >= 4 is 17.5 Å². The molecule has 3 rings (SSSR count). The van der Waals surface area contributed by atoms with Crippen LogP contribution in [0, 0.1) is 13.8 Å². The van der Waals surface area contributed by atoms with Gasteiger partial charge in [0.15, 0.2) is 0 Å². The molecule has 28 heavy (non-hydrogen) atoms. The van der Waals surface area contributed by atoms with Gasteiger partial charge < -0.3 is 10.1 Å². The van der Waals surface area contributed by atoms with Crippen LogP contribution in [0.5, 0.6) is 5.75 Å². The maximum Gasteiger partial charge on any atom is 0.251 e. The number of nitrogens with zero attached hydrogens (tertiary/aromatic N) is 2. The van der Waals surface area contributed by atoms with E-state index in [9.17, 15) is 4.79 Å². The summed E-state index contributed by atoms with van der Waals surface area (Å²) in [6.07, 6.45) is 1.59. The van der Waals surface area contributed by atoms with Crippen LogP contribution < -0.4 is 10.1 Å². The summed E-state index contributed by atoms with van der Waals surface area (Å²) >= 11 is 6.15. The highest BCUT2D eigenvalue weighted by molar-refractivity contribution is 6.31. The lowest BCUT2D eigenvalue weighted by Gasteiger charge is -2.11. The van der Waals surface area contributed by atoms with Gasteiger partial charge in [-0.1, -0.05) is 41.4 Å². The second-order valence-corrected chi connectivity index (χ2v) is 7.10. The summed E-state index contributed by atoms with van der Waals surface area (Å²) in [6.45, 7) is 7.49. The van der Waals surface area contributed by atoms with Gasteiger partial charge in [0.05, 0.1) is 23.5 Å². The Hall–Kier alpha value is -2.79. The molecular weight excluding hydrogens is 374 g/mol. The third kappa shape index (κ3) is 4.73. The van der Waals surface area contributed by atoms with Crippen molar-refractivity contribution in [2.75, 3.05) is 0 Å². The number of carbonyl (C=O) groups excluding carboxylic acids is 1. The van der Waals surface area contributed by atoms with E-state index in [0.717, 1.165) is 22.6 Å². The number of amides is 1. The molecule has 146 valence electrons. The van der Waals surface area contributed by atoms with Crippen LogP contribution in [-0.4, -0.2) is 15.7 Å². The fourth-order valence-corrected chi connectivity index (χ4v) is 3.23. The topological polar surface area (TPSA) is 56.2 Å². The third-order valence-corrected chi connectivity index (χ3v) is 4.84. The van der Waals surface area contributed by atoms with Crippen molar-refractivity contribution in [3.8, 4) is 5.75 Å². The zero-order valence-corrected chi connectivity index (χ0v) is 17.1. The number of benzene rings is 2. The highest BCUT2D eigenvalue weighted by Crippen LogP contribution is 2.20. The Morgan fingerprint density at radius 2 is 2.04 bits per heavy atom. The van der Waals surface area contributed by atoms with E-state index in [1.165, 1.54) is 5.56 Å². The highest BCUT2D eigenvalue weighted by Gasteiger charge is 2.11. The van der Waals surface area contributed by atoms with E-state index in [0.29, 0.717) is 30.3 Å². The normalized spacial score (nSPS) is 10.7. The molecule has 1 heterocycles. The molecule has 6 heteroatoms. The first kappa shape index (κ1) is 20.0. The minimum Gasteiger partial charge on any atom is -0.489 e. The van der Waals surface area contributed by atoms with Crippen LogP contribution >= 0.6 is 11.6 Å². The molecule has 3 aromatic rings. The molecule has 0 fully saturated rings. The van der Waals surface area contributed by atoms with Crippen LogP contribution in [0.4, 0.5) is 0 Å². The largest absolute Gasteiger partial charge is 0.489 e. The Labute approximate surface area is 170 Å². The van der Waals surface area contributed by atoms with Crippen molar-refractivity contribution < 1.29 is 9.53 Å². The van der Waals surface area contributed by atoms with Gasteiger partial charge in [0.25, 0.3) is 5.91 Å². The van der Waals surface area contributed by atoms with E-state index in [1.54, 1.807) is 16.9 Å². The van der Waals surface area contributed by atoms with Gasteiger partial charge in [0.1, 0.15) is 12.4 Å². The van der Waals surface area contributed by atoms with Gasteiger partial charge >= 0.3 is 0 Å². The monoisotopic (exact) mass is 397 g/mol. The quantitative estimate of drug-likeness (QED) is 0.629. The lowest BCUT2D eigenvalue weighted by atomic mass is 10.1. The van der Waals surface area contributed by atoms with Crippen LogP contribution in [0.15, 0.2) is 48.7 Å². The number of rotatable bonds is 7. The Balaban J connectivity index is 1.63. The maximum atomic E-state index is 12.5. The van der Waals surface area contributed by atoms with E-state index in [4.69, 9.17) is 16.3 Å². The summed E-state index contributed by atoms with van der Waals surface area (Å²) in [6, 6.07) is 13.5. The Bertz CT molecular complexity index is 982. The van der Waals surface area contributed by atoms with Crippen LogP contribution in [0.2, 0.25) is 5.02 Å². The predicted molar refractivity (Wildman–Crippen MR) is 111 cm³/mol. The number of halogens is 1. The van der Waals surface area contributed by atoms with Crippen molar-refractivity contribution in [3.63, 3.8) is 0 Å². The Kier molecular flexibility index (Phi) is 6.37. The molecule has 0 saturated heterocycles. The van der Waals surface area contributed by atoms with E-state index in [1.807, 2.05) is 44.2 Å². The van der Waals surface area contributed by atoms with E-state index in [2.05, 4.69) is 23.4 Å². The molecule has 5 nitrogen and oxygen atoms in total. The van der Waals surface area contributed by atoms with Crippen molar-refractivity contribution in [2.45, 2.75) is 40.5 Å². The van der Waals surface area contributed by atoms with E-state index in [-0.39, 0.29) is 5.91 Å². The van der Waals surface area contributed by atoms with Crippen LogP contribution in [0.3, 0.4) is 0 Å². The van der Waals surface area contributed by atoms with Gasteiger partial charge in [-0.05, 0) is 50.1 Å². The van der Waals surface area contributed by atoms with Gasteiger partial charge in [-0.25, -0.2) is 0 Å². The Morgan fingerprint density at radius 3 is 2.79 bits per heavy atom. The van der Waals surface area contributed by atoms with Gasteiger partial charge in [0.2, 0.25) is 0 Å². The summed E-state index contributed by atoms with van der Waals surface area (Å²) in [7, 11) is 0. The van der Waals surface area contributed by atoms with Crippen LogP contribution in [0.25, 0.3) is 0 Å². The molecule has 1 amide bonds. The zero-order valence-electron chi connectivity index (χ0n) is 16.3. The fraction of sp³-hybridized carbons (Fsp3) is 0.273. The predicted octanol–water partition coefficient (Wildman–Crippen LogP) is 4.68. The van der Waals surface area contributed by atoms with Crippen molar-refractivity contribution in [2.24, 2.45) is 0 Å². The molecular formula is C22H24ClN3O2. The van der Waals surface area contributed by atoms with Crippen LogP contribution in [-0.2, 0) is 19.7 Å². The first-order chi connectivity index (χ1) is 13.5. The average molecular weight is 398 g/mol. The minimum absolute atomic E-state index is 0.159. The molecule has 2 aromatic carbocycles. The minimum atomic E-state index is -0.159. The maximum absolute atomic E-state index is 12.5.